The smallest absolute Gasteiger partial charge is 0.248 e. The van der Waals surface area contributed by atoms with Crippen LogP contribution in [0, 0.1) is 13.8 Å². The number of nitrogens with zero attached hydrogens (tertiary/aromatic N) is 1. The van der Waals surface area contributed by atoms with E-state index in [1.165, 1.54) is 6.08 Å². The van der Waals surface area contributed by atoms with Crippen molar-refractivity contribution in [3.8, 4) is 0 Å². The second-order valence-electron chi connectivity index (χ2n) is 3.96. The lowest BCUT2D eigenvalue weighted by Gasteiger charge is -2.04. The number of pyridine rings is 1. The van der Waals surface area contributed by atoms with Crippen LogP contribution in [-0.4, -0.2) is 10.9 Å². The number of hydrogen-bond donors (Lipinski definition) is 1. The first-order valence-electron chi connectivity index (χ1n) is 5.61. The Labute approximate surface area is 105 Å². The molecule has 0 aromatic carbocycles. The number of carbonyl (C=O) groups excluding carboxylic acids is 1. The molecule has 2 heterocycles. The molecular weight excluding hydrogens is 228 g/mol. The summed E-state index contributed by atoms with van der Waals surface area (Å²) in [5.41, 5.74) is 1.68. The van der Waals surface area contributed by atoms with Gasteiger partial charge in [-0.1, -0.05) is 0 Å². The molecule has 0 fully saturated rings. The van der Waals surface area contributed by atoms with Gasteiger partial charge in [0.1, 0.15) is 11.5 Å². The summed E-state index contributed by atoms with van der Waals surface area (Å²) in [6.45, 7) is 3.77. The monoisotopic (exact) mass is 242 g/mol. The van der Waals surface area contributed by atoms with E-state index >= 15 is 0 Å². The molecule has 0 saturated carbocycles. The quantitative estimate of drug-likeness (QED) is 0.842. The highest BCUT2D eigenvalue weighted by Crippen LogP contribution is 2.12. The first-order chi connectivity index (χ1) is 8.65. The van der Waals surface area contributed by atoms with Crippen LogP contribution < -0.4 is 5.32 Å². The lowest BCUT2D eigenvalue weighted by atomic mass is 10.2. The molecule has 4 heteroatoms. The van der Waals surface area contributed by atoms with E-state index < -0.39 is 0 Å². The first kappa shape index (κ1) is 12.1. The van der Waals surface area contributed by atoms with E-state index in [9.17, 15) is 4.79 Å². The molecule has 0 aliphatic heterocycles. The molecule has 18 heavy (non-hydrogen) atoms. The van der Waals surface area contributed by atoms with Gasteiger partial charge >= 0.3 is 0 Å². The lowest BCUT2D eigenvalue weighted by Crippen LogP contribution is -2.09. The standard InChI is InChI=1S/C14H14N2O2/c1-10-7-8-15-9-13(10)16-14(17)6-5-12-4-3-11(2)18-12/h3-9H,1-2H3,(H,16,17). The van der Waals surface area contributed by atoms with Crippen LogP contribution in [0.3, 0.4) is 0 Å². The van der Waals surface area contributed by atoms with E-state index in [0.29, 0.717) is 11.4 Å². The predicted octanol–water partition coefficient (Wildman–Crippen LogP) is 2.94. The maximum atomic E-state index is 11.7. The minimum Gasteiger partial charge on any atom is -0.462 e. The van der Waals surface area contributed by atoms with Gasteiger partial charge in [-0.2, -0.15) is 0 Å². The first-order valence-corrected chi connectivity index (χ1v) is 5.61. The lowest BCUT2D eigenvalue weighted by molar-refractivity contribution is -0.111. The molecule has 92 valence electrons. The Kier molecular flexibility index (Phi) is 3.57. The van der Waals surface area contributed by atoms with Gasteiger partial charge < -0.3 is 9.73 Å². The van der Waals surface area contributed by atoms with Crippen LogP contribution in [0.5, 0.6) is 0 Å². The Balaban J connectivity index is 2.01. The van der Waals surface area contributed by atoms with E-state index in [1.807, 2.05) is 32.0 Å². The van der Waals surface area contributed by atoms with Crippen molar-refractivity contribution in [3.05, 3.63) is 53.8 Å². The molecule has 2 aromatic heterocycles. The molecule has 1 N–H and O–H groups in total. The Hall–Kier alpha value is -2.36. The minimum atomic E-state index is -0.208. The van der Waals surface area contributed by atoms with Gasteiger partial charge in [-0.05, 0) is 43.7 Å². The number of amides is 1. The van der Waals surface area contributed by atoms with Gasteiger partial charge in [0.15, 0.2) is 0 Å². The summed E-state index contributed by atoms with van der Waals surface area (Å²) in [5, 5.41) is 2.76. The normalized spacial score (nSPS) is 10.8. The summed E-state index contributed by atoms with van der Waals surface area (Å²) in [6.07, 6.45) is 6.38. The van der Waals surface area contributed by atoms with E-state index in [-0.39, 0.29) is 5.91 Å². The van der Waals surface area contributed by atoms with E-state index in [1.54, 1.807) is 18.5 Å². The molecule has 0 aliphatic carbocycles. The van der Waals surface area contributed by atoms with Gasteiger partial charge in [0, 0.05) is 12.3 Å². The fraction of sp³-hybridized carbons (Fsp3) is 0.143. The number of aromatic nitrogens is 1. The molecule has 2 aromatic rings. The number of hydrogen-bond acceptors (Lipinski definition) is 3. The molecule has 0 atom stereocenters. The third-order valence-electron chi connectivity index (χ3n) is 2.46. The average molecular weight is 242 g/mol. The van der Waals surface area contributed by atoms with Crippen LogP contribution in [0.25, 0.3) is 6.08 Å². The van der Waals surface area contributed by atoms with Crippen molar-refractivity contribution in [3.63, 3.8) is 0 Å². The fourth-order valence-electron chi connectivity index (χ4n) is 1.47. The summed E-state index contributed by atoms with van der Waals surface area (Å²) in [5.74, 6) is 1.27. The molecule has 0 radical (unpaired) electrons. The van der Waals surface area contributed by atoms with Gasteiger partial charge in [-0.15, -0.1) is 0 Å². The second-order valence-corrected chi connectivity index (χ2v) is 3.96. The van der Waals surface area contributed by atoms with Crippen LogP contribution >= 0.6 is 0 Å². The summed E-state index contributed by atoms with van der Waals surface area (Å²) in [4.78, 5) is 15.6. The molecule has 0 bridgehead atoms. The zero-order valence-corrected chi connectivity index (χ0v) is 10.3. The highest BCUT2D eigenvalue weighted by molar-refractivity contribution is 6.02. The molecule has 0 aliphatic rings. The van der Waals surface area contributed by atoms with Crippen molar-refractivity contribution < 1.29 is 9.21 Å². The molecule has 2 rings (SSSR count). The van der Waals surface area contributed by atoms with Crippen molar-refractivity contribution in [1.82, 2.24) is 4.98 Å². The largest absolute Gasteiger partial charge is 0.462 e. The van der Waals surface area contributed by atoms with E-state index in [2.05, 4.69) is 10.3 Å². The van der Waals surface area contributed by atoms with Crippen molar-refractivity contribution in [2.45, 2.75) is 13.8 Å². The molecule has 0 unspecified atom stereocenters. The number of rotatable bonds is 3. The van der Waals surface area contributed by atoms with E-state index in [4.69, 9.17) is 4.42 Å². The van der Waals surface area contributed by atoms with Crippen molar-refractivity contribution in [1.29, 1.82) is 0 Å². The second kappa shape index (κ2) is 5.31. The van der Waals surface area contributed by atoms with Gasteiger partial charge in [0.25, 0.3) is 0 Å². The van der Waals surface area contributed by atoms with Crippen LogP contribution in [0.2, 0.25) is 0 Å². The summed E-state index contributed by atoms with van der Waals surface area (Å²) < 4.78 is 5.33. The predicted molar refractivity (Wildman–Crippen MR) is 70.1 cm³/mol. The fourth-order valence-corrected chi connectivity index (χ4v) is 1.47. The average Bonchev–Trinajstić information content (AvgIpc) is 2.76. The van der Waals surface area contributed by atoms with Crippen LogP contribution in [0.4, 0.5) is 5.69 Å². The molecular formula is C14H14N2O2. The Morgan fingerprint density at radius 2 is 2.17 bits per heavy atom. The molecule has 4 nitrogen and oxygen atoms in total. The van der Waals surface area contributed by atoms with Crippen molar-refractivity contribution in [2.75, 3.05) is 5.32 Å². The zero-order chi connectivity index (χ0) is 13.0. The molecule has 0 spiro atoms. The SMILES string of the molecule is Cc1ccc(C=CC(=O)Nc2cnccc2C)o1. The summed E-state index contributed by atoms with van der Waals surface area (Å²) >= 11 is 0. The number of anilines is 1. The Morgan fingerprint density at radius 1 is 1.33 bits per heavy atom. The number of nitrogens with one attached hydrogen (secondary N) is 1. The Bertz CT molecular complexity index is 585. The zero-order valence-electron chi connectivity index (χ0n) is 10.3. The topological polar surface area (TPSA) is 55.1 Å². The maximum absolute atomic E-state index is 11.7. The molecule has 1 amide bonds. The summed E-state index contributed by atoms with van der Waals surface area (Å²) in [7, 11) is 0. The number of furan rings is 1. The molecule has 0 saturated heterocycles. The van der Waals surface area contributed by atoms with Crippen LogP contribution in [0.15, 0.2) is 41.1 Å². The Morgan fingerprint density at radius 3 is 2.83 bits per heavy atom. The number of aryl methyl sites for hydroxylation is 2. The van der Waals surface area contributed by atoms with Crippen LogP contribution in [-0.2, 0) is 4.79 Å². The van der Waals surface area contributed by atoms with Crippen molar-refractivity contribution >= 4 is 17.7 Å². The highest BCUT2D eigenvalue weighted by Gasteiger charge is 2.01. The van der Waals surface area contributed by atoms with Gasteiger partial charge in [-0.25, -0.2) is 0 Å². The van der Waals surface area contributed by atoms with Crippen molar-refractivity contribution in [2.24, 2.45) is 0 Å². The van der Waals surface area contributed by atoms with Gasteiger partial charge in [-0.3, -0.25) is 9.78 Å². The third kappa shape index (κ3) is 3.07. The maximum Gasteiger partial charge on any atom is 0.248 e. The third-order valence-corrected chi connectivity index (χ3v) is 2.46. The van der Waals surface area contributed by atoms with Gasteiger partial charge in [0.05, 0.1) is 11.9 Å². The van der Waals surface area contributed by atoms with Crippen LogP contribution in [0.1, 0.15) is 17.1 Å². The number of carbonyl (C=O) groups is 1. The summed E-state index contributed by atoms with van der Waals surface area (Å²) in [6, 6.07) is 5.51. The van der Waals surface area contributed by atoms with E-state index in [0.717, 1.165) is 11.3 Å². The van der Waals surface area contributed by atoms with Gasteiger partial charge in [0.2, 0.25) is 5.91 Å². The minimum absolute atomic E-state index is 0.208. The highest BCUT2D eigenvalue weighted by atomic mass is 16.3.